The summed E-state index contributed by atoms with van der Waals surface area (Å²) in [6, 6.07) is 3.90. The number of hydrogen-bond acceptors (Lipinski definition) is 5. The van der Waals surface area contributed by atoms with Gasteiger partial charge < -0.3 is 14.7 Å². The van der Waals surface area contributed by atoms with E-state index >= 15 is 0 Å². The fourth-order valence-corrected chi connectivity index (χ4v) is 2.19. The van der Waals surface area contributed by atoms with Crippen molar-refractivity contribution in [2.75, 3.05) is 24.7 Å². The van der Waals surface area contributed by atoms with Crippen LogP contribution in [0.4, 0.5) is 5.69 Å². The summed E-state index contributed by atoms with van der Waals surface area (Å²) in [7, 11) is 0. The van der Waals surface area contributed by atoms with E-state index in [-0.39, 0.29) is 24.5 Å². The van der Waals surface area contributed by atoms with E-state index in [0.717, 1.165) is 5.69 Å². The molecule has 1 aromatic heterocycles. The van der Waals surface area contributed by atoms with E-state index in [1.807, 2.05) is 13.0 Å². The number of carbonyl (C=O) groups excluding carboxylic acids is 1. The van der Waals surface area contributed by atoms with Crippen LogP contribution in [0.5, 0.6) is 0 Å². The van der Waals surface area contributed by atoms with Crippen molar-refractivity contribution in [3.8, 4) is 0 Å². The Morgan fingerprint density at radius 1 is 1.58 bits per heavy atom. The molecule has 5 nitrogen and oxygen atoms in total. The number of rotatable bonds is 4. The molecule has 104 valence electrons. The molecule has 1 saturated heterocycles. The smallest absolute Gasteiger partial charge is 0.180 e. The summed E-state index contributed by atoms with van der Waals surface area (Å²) in [5.74, 6) is 0.0508. The molecule has 1 N–H and O–H groups in total. The molecule has 2 unspecified atom stereocenters. The monoisotopic (exact) mass is 264 g/mol. The van der Waals surface area contributed by atoms with Crippen molar-refractivity contribution in [3.05, 3.63) is 24.0 Å². The number of morpholine rings is 1. The van der Waals surface area contributed by atoms with Gasteiger partial charge in [0.05, 0.1) is 31.2 Å². The van der Waals surface area contributed by atoms with Gasteiger partial charge >= 0.3 is 0 Å². The number of hydrogen-bond donors (Lipinski definition) is 1. The summed E-state index contributed by atoms with van der Waals surface area (Å²) in [4.78, 5) is 17.9. The molecule has 1 aliphatic rings. The maximum absolute atomic E-state index is 11.5. The normalized spacial score (nSPS) is 23.4. The topological polar surface area (TPSA) is 62.7 Å². The molecular formula is C14H20N2O3. The minimum absolute atomic E-state index is 0.0169. The highest BCUT2D eigenvalue weighted by atomic mass is 16.5. The zero-order valence-corrected chi connectivity index (χ0v) is 11.4. The van der Waals surface area contributed by atoms with Gasteiger partial charge in [-0.1, -0.05) is 6.92 Å². The summed E-state index contributed by atoms with van der Waals surface area (Å²) in [5, 5.41) is 9.18. The van der Waals surface area contributed by atoms with Crippen molar-refractivity contribution < 1.29 is 14.6 Å². The van der Waals surface area contributed by atoms with Crippen molar-refractivity contribution in [2.45, 2.75) is 32.4 Å². The molecule has 0 bridgehead atoms. The number of Topliss-reactive ketones (excluding diaryl/α,β-unsaturated/α-hetero) is 1. The largest absolute Gasteiger partial charge is 0.394 e. The van der Waals surface area contributed by atoms with Crippen molar-refractivity contribution in [2.24, 2.45) is 0 Å². The van der Waals surface area contributed by atoms with Gasteiger partial charge in [-0.25, -0.2) is 0 Å². The molecule has 2 atom stereocenters. The van der Waals surface area contributed by atoms with Crippen LogP contribution in [0.15, 0.2) is 18.3 Å². The zero-order valence-electron chi connectivity index (χ0n) is 11.4. The van der Waals surface area contributed by atoms with Gasteiger partial charge in [-0.05, 0) is 19.1 Å². The van der Waals surface area contributed by atoms with Crippen LogP contribution >= 0.6 is 0 Å². The number of aliphatic hydroxyl groups is 1. The maximum Gasteiger partial charge on any atom is 0.180 e. The molecule has 5 heteroatoms. The average Bonchev–Trinajstić information content (AvgIpc) is 2.47. The number of anilines is 1. The van der Waals surface area contributed by atoms with E-state index in [4.69, 9.17) is 4.74 Å². The maximum atomic E-state index is 11.5. The van der Waals surface area contributed by atoms with Crippen LogP contribution in [0, 0.1) is 0 Å². The van der Waals surface area contributed by atoms with E-state index in [1.165, 1.54) is 0 Å². The number of aromatic nitrogens is 1. The van der Waals surface area contributed by atoms with Crippen LogP contribution < -0.4 is 4.90 Å². The van der Waals surface area contributed by atoms with E-state index in [1.54, 1.807) is 12.3 Å². The third kappa shape index (κ3) is 3.11. The SMILES string of the molecule is CCC(=O)c1ccc(N2CC(CO)OCC2C)cn1. The van der Waals surface area contributed by atoms with Gasteiger partial charge in [-0.15, -0.1) is 0 Å². The van der Waals surface area contributed by atoms with Crippen molar-refractivity contribution >= 4 is 11.5 Å². The summed E-state index contributed by atoms with van der Waals surface area (Å²) < 4.78 is 5.50. The lowest BCUT2D eigenvalue weighted by molar-refractivity contribution is -0.0103. The predicted molar refractivity (Wildman–Crippen MR) is 72.5 cm³/mol. The molecule has 0 aliphatic carbocycles. The van der Waals surface area contributed by atoms with Gasteiger partial charge in [0.15, 0.2) is 5.78 Å². The highest BCUT2D eigenvalue weighted by Crippen LogP contribution is 2.21. The summed E-state index contributed by atoms with van der Waals surface area (Å²) in [6.07, 6.45) is 2.03. The number of nitrogens with zero attached hydrogens (tertiary/aromatic N) is 2. The van der Waals surface area contributed by atoms with Crippen molar-refractivity contribution in [3.63, 3.8) is 0 Å². The molecule has 1 fully saturated rings. The van der Waals surface area contributed by atoms with Crippen LogP contribution in [-0.2, 0) is 4.74 Å². The van der Waals surface area contributed by atoms with Gasteiger partial charge in [0.2, 0.25) is 0 Å². The summed E-state index contributed by atoms with van der Waals surface area (Å²) in [6.45, 7) is 5.14. The average molecular weight is 264 g/mol. The third-order valence-corrected chi connectivity index (χ3v) is 3.40. The second kappa shape index (κ2) is 6.12. The Bertz CT molecular complexity index is 433. The highest BCUT2D eigenvalue weighted by molar-refractivity contribution is 5.94. The molecule has 19 heavy (non-hydrogen) atoms. The van der Waals surface area contributed by atoms with Gasteiger partial charge in [0, 0.05) is 19.0 Å². The molecule has 0 amide bonds. The van der Waals surface area contributed by atoms with E-state index < -0.39 is 0 Å². The second-order valence-electron chi connectivity index (χ2n) is 4.82. The molecule has 1 aromatic rings. The van der Waals surface area contributed by atoms with Crippen molar-refractivity contribution in [1.82, 2.24) is 4.98 Å². The Kier molecular flexibility index (Phi) is 4.50. The predicted octanol–water partition coefficient (Wildman–Crippen LogP) is 1.26. The Hall–Kier alpha value is -1.46. The standard InChI is InChI=1S/C14H20N2O3/c1-3-14(18)13-5-4-11(6-15-13)16-7-12(8-17)19-9-10(16)2/h4-6,10,12,17H,3,7-9H2,1-2H3. The minimum atomic E-state index is -0.159. The number of ether oxygens (including phenoxy) is 1. The lowest BCUT2D eigenvalue weighted by Gasteiger charge is -2.38. The first-order valence-electron chi connectivity index (χ1n) is 6.64. The molecule has 2 rings (SSSR count). The Labute approximate surface area is 113 Å². The highest BCUT2D eigenvalue weighted by Gasteiger charge is 2.26. The molecular weight excluding hydrogens is 244 g/mol. The Balaban J connectivity index is 2.14. The van der Waals surface area contributed by atoms with Crippen LogP contribution in [0.2, 0.25) is 0 Å². The second-order valence-corrected chi connectivity index (χ2v) is 4.82. The molecule has 1 aliphatic heterocycles. The number of aliphatic hydroxyl groups excluding tert-OH is 1. The fraction of sp³-hybridized carbons (Fsp3) is 0.571. The van der Waals surface area contributed by atoms with E-state index in [9.17, 15) is 9.90 Å². The quantitative estimate of drug-likeness (QED) is 0.830. The van der Waals surface area contributed by atoms with Crippen LogP contribution in [-0.4, -0.2) is 47.8 Å². The minimum Gasteiger partial charge on any atom is -0.394 e. The molecule has 0 spiro atoms. The molecule has 0 aromatic carbocycles. The molecule has 0 saturated carbocycles. The van der Waals surface area contributed by atoms with Gasteiger partial charge in [-0.3, -0.25) is 9.78 Å². The van der Waals surface area contributed by atoms with Crippen molar-refractivity contribution in [1.29, 1.82) is 0 Å². The first-order valence-corrected chi connectivity index (χ1v) is 6.64. The number of pyridine rings is 1. The molecule has 0 radical (unpaired) electrons. The lowest BCUT2D eigenvalue weighted by atomic mass is 10.1. The van der Waals surface area contributed by atoms with Crippen LogP contribution in [0.1, 0.15) is 30.8 Å². The fourth-order valence-electron chi connectivity index (χ4n) is 2.19. The van der Waals surface area contributed by atoms with Gasteiger partial charge in [0.25, 0.3) is 0 Å². The number of carbonyl (C=O) groups is 1. The lowest BCUT2D eigenvalue weighted by Crippen LogP contribution is -2.49. The zero-order chi connectivity index (χ0) is 13.8. The van der Waals surface area contributed by atoms with Gasteiger partial charge in [0.1, 0.15) is 5.69 Å². The van der Waals surface area contributed by atoms with Gasteiger partial charge in [-0.2, -0.15) is 0 Å². The first-order chi connectivity index (χ1) is 9.15. The Morgan fingerprint density at radius 2 is 2.37 bits per heavy atom. The van der Waals surface area contributed by atoms with Crippen LogP contribution in [0.25, 0.3) is 0 Å². The van der Waals surface area contributed by atoms with Crippen LogP contribution in [0.3, 0.4) is 0 Å². The first kappa shape index (κ1) is 14.0. The van der Waals surface area contributed by atoms with E-state index in [2.05, 4.69) is 16.8 Å². The summed E-state index contributed by atoms with van der Waals surface area (Å²) in [5.41, 5.74) is 1.47. The Morgan fingerprint density at radius 3 is 2.95 bits per heavy atom. The summed E-state index contributed by atoms with van der Waals surface area (Å²) >= 11 is 0. The number of ketones is 1. The van der Waals surface area contributed by atoms with E-state index in [0.29, 0.717) is 25.3 Å². The third-order valence-electron chi connectivity index (χ3n) is 3.40. The molecule has 2 heterocycles.